The first-order chi connectivity index (χ1) is 13.9. The molecule has 0 bridgehead atoms. The van der Waals surface area contributed by atoms with Crippen LogP contribution in [-0.4, -0.2) is 17.0 Å². The lowest BCUT2D eigenvalue weighted by Gasteiger charge is -2.57. The number of carbonyl (C=O) groups excluding carboxylic acids is 1. The van der Waals surface area contributed by atoms with Gasteiger partial charge in [-0.3, -0.25) is 4.79 Å². The van der Waals surface area contributed by atoms with Crippen LogP contribution < -0.4 is 4.57 Å². The molecule has 0 spiro atoms. The molecule has 0 radical (unpaired) electrons. The molecule has 3 nitrogen and oxygen atoms in total. The molecule has 0 amide bonds. The van der Waals surface area contributed by atoms with E-state index in [2.05, 4.69) is 19.9 Å². The number of hydrogen-bond donors (Lipinski definition) is 1. The maximum atomic E-state index is 13.3. The quantitative estimate of drug-likeness (QED) is 0.606. The molecule has 4 aliphatic carbocycles. The van der Waals surface area contributed by atoms with Gasteiger partial charge < -0.3 is 5.11 Å². The van der Waals surface area contributed by atoms with E-state index in [0.29, 0.717) is 18.2 Å². The molecule has 3 fully saturated rings. The molecule has 3 saturated carbocycles. The van der Waals surface area contributed by atoms with Crippen LogP contribution in [0.3, 0.4) is 0 Å². The van der Waals surface area contributed by atoms with Crippen LogP contribution in [0.2, 0.25) is 0 Å². The minimum Gasteiger partial charge on any atom is -0.393 e. The highest BCUT2D eigenvalue weighted by Gasteiger charge is 2.59. The molecule has 0 saturated heterocycles. The van der Waals surface area contributed by atoms with E-state index in [1.165, 1.54) is 24.8 Å². The summed E-state index contributed by atoms with van der Waals surface area (Å²) in [6.07, 6.45) is 15.3. The Balaban J connectivity index is 1.38. The zero-order valence-corrected chi connectivity index (χ0v) is 18.0. The first kappa shape index (κ1) is 19.5. The molecule has 0 unspecified atom stereocenters. The van der Waals surface area contributed by atoms with E-state index in [4.69, 9.17) is 0 Å². The molecule has 4 aliphatic rings. The third-order valence-electron chi connectivity index (χ3n) is 9.58. The number of aromatic nitrogens is 1. The lowest BCUT2D eigenvalue weighted by atomic mass is 9.47. The smallest absolute Gasteiger partial charge is 0.206 e. The van der Waals surface area contributed by atoms with Gasteiger partial charge in [0.05, 0.1) is 6.10 Å². The summed E-state index contributed by atoms with van der Waals surface area (Å²) in [6, 6.07) is 6.02. The standard InChI is InChI=1S/C26H36NO2/c1-25-12-10-19(28)16-18(25)6-7-20-21-8-9-23(26(21,2)13-11-22(20)25)24(29)17-27-14-4-3-5-15-27/h3-6,14-15,19-23,28H,7-13,16-17H2,1-2H3/q+1/t19-,20-,21-,22-,23+,25+,26+/m1/s1. The highest BCUT2D eigenvalue weighted by Crippen LogP contribution is 2.66. The average molecular weight is 395 g/mol. The molecule has 0 aliphatic heterocycles. The van der Waals surface area contributed by atoms with Gasteiger partial charge in [-0.05, 0) is 80.0 Å². The lowest BCUT2D eigenvalue weighted by molar-refractivity contribution is -0.684. The van der Waals surface area contributed by atoms with E-state index in [1.54, 1.807) is 0 Å². The van der Waals surface area contributed by atoms with Gasteiger partial charge in [0.1, 0.15) is 0 Å². The van der Waals surface area contributed by atoms with Crippen LogP contribution in [-0.2, 0) is 11.3 Å². The molecule has 1 heterocycles. The number of allylic oxidation sites excluding steroid dienone is 1. The van der Waals surface area contributed by atoms with Crippen molar-refractivity contribution in [2.24, 2.45) is 34.5 Å². The van der Waals surface area contributed by atoms with E-state index in [9.17, 15) is 9.90 Å². The van der Waals surface area contributed by atoms with Crippen LogP contribution in [0.4, 0.5) is 0 Å². The fourth-order valence-corrected chi connectivity index (χ4v) is 8.00. The average Bonchev–Trinajstić information content (AvgIpc) is 3.06. The summed E-state index contributed by atoms with van der Waals surface area (Å²) in [5, 5.41) is 10.2. The van der Waals surface area contributed by atoms with E-state index in [1.807, 2.05) is 35.2 Å². The van der Waals surface area contributed by atoms with Gasteiger partial charge in [-0.2, -0.15) is 4.57 Å². The molecule has 156 valence electrons. The van der Waals surface area contributed by atoms with Crippen LogP contribution in [0.1, 0.15) is 65.2 Å². The summed E-state index contributed by atoms with van der Waals surface area (Å²) in [5.74, 6) is 2.79. The number of Topliss-reactive ketones (excluding diaryl/α,β-unsaturated/α-hetero) is 1. The molecular weight excluding hydrogens is 358 g/mol. The number of carbonyl (C=O) groups is 1. The third-order valence-corrected chi connectivity index (χ3v) is 9.58. The Morgan fingerprint density at radius 2 is 1.86 bits per heavy atom. The van der Waals surface area contributed by atoms with Gasteiger partial charge in [0.2, 0.25) is 12.3 Å². The summed E-state index contributed by atoms with van der Waals surface area (Å²) in [4.78, 5) is 13.3. The van der Waals surface area contributed by atoms with Gasteiger partial charge in [-0.1, -0.05) is 31.6 Å². The monoisotopic (exact) mass is 394 g/mol. The Morgan fingerprint density at radius 1 is 1.07 bits per heavy atom. The van der Waals surface area contributed by atoms with Crippen molar-refractivity contribution in [3.63, 3.8) is 0 Å². The van der Waals surface area contributed by atoms with Crippen molar-refractivity contribution < 1.29 is 14.5 Å². The number of rotatable bonds is 3. The second-order valence-corrected chi connectivity index (χ2v) is 10.8. The second kappa shape index (κ2) is 7.04. The Labute approximate surface area is 175 Å². The molecule has 3 heteroatoms. The highest BCUT2D eigenvalue weighted by molar-refractivity contribution is 5.81. The largest absolute Gasteiger partial charge is 0.393 e. The summed E-state index contributed by atoms with van der Waals surface area (Å²) >= 11 is 0. The van der Waals surface area contributed by atoms with Crippen molar-refractivity contribution in [2.45, 2.75) is 77.9 Å². The topological polar surface area (TPSA) is 41.2 Å². The molecule has 7 atom stereocenters. The van der Waals surface area contributed by atoms with Crippen LogP contribution >= 0.6 is 0 Å². The number of fused-ring (bicyclic) bond motifs is 5. The van der Waals surface area contributed by atoms with Crippen molar-refractivity contribution >= 4 is 5.78 Å². The summed E-state index contributed by atoms with van der Waals surface area (Å²) < 4.78 is 2.04. The minimum absolute atomic E-state index is 0.135. The lowest BCUT2D eigenvalue weighted by Crippen LogP contribution is -2.51. The molecule has 1 aromatic rings. The minimum atomic E-state index is -0.135. The Morgan fingerprint density at radius 3 is 2.66 bits per heavy atom. The van der Waals surface area contributed by atoms with E-state index in [-0.39, 0.29) is 22.9 Å². The van der Waals surface area contributed by atoms with Gasteiger partial charge in [-0.25, -0.2) is 0 Å². The maximum absolute atomic E-state index is 13.3. The van der Waals surface area contributed by atoms with Crippen molar-refractivity contribution in [3.8, 4) is 0 Å². The number of ketones is 1. The summed E-state index contributed by atoms with van der Waals surface area (Å²) in [7, 11) is 0. The van der Waals surface area contributed by atoms with Gasteiger partial charge in [0.15, 0.2) is 12.4 Å². The molecule has 1 aromatic heterocycles. The van der Waals surface area contributed by atoms with Crippen molar-refractivity contribution in [1.82, 2.24) is 0 Å². The number of nitrogens with zero attached hydrogens (tertiary/aromatic N) is 1. The molecular formula is C26H36NO2+. The Bertz CT molecular complexity index is 817. The fourth-order valence-electron chi connectivity index (χ4n) is 8.00. The van der Waals surface area contributed by atoms with E-state index < -0.39 is 0 Å². The highest BCUT2D eigenvalue weighted by atomic mass is 16.3. The van der Waals surface area contributed by atoms with Crippen LogP contribution in [0, 0.1) is 34.5 Å². The van der Waals surface area contributed by atoms with Crippen molar-refractivity contribution in [3.05, 3.63) is 42.2 Å². The normalized spacial score (nSPS) is 43.7. The Hall–Kier alpha value is -1.48. The van der Waals surface area contributed by atoms with Crippen molar-refractivity contribution in [1.29, 1.82) is 0 Å². The number of aliphatic hydroxyl groups is 1. The Kier molecular flexibility index (Phi) is 4.73. The zero-order valence-electron chi connectivity index (χ0n) is 18.0. The van der Waals surface area contributed by atoms with E-state index in [0.717, 1.165) is 43.9 Å². The predicted molar refractivity (Wildman–Crippen MR) is 113 cm³/mol. The third kappa shape index (κ3) is 3.03. The maximum Gasteiger partial charge on any atom is 0.206 e. The SMILES string of the molecule is C[C@]12CC[C@@H]3[C@H](CC=C4C[C@H](O)CC[C@@]43C)[C@H]1CC[C@H]2C(=O)C[n+]1ccccc1. The molecule has 0 aromatic carbocycles. The predicted octanol–water partition coefficient (Wildman–Crippen LogP) is 4.48. The van der Waals surface area contributed by atoms with Crippen LogP contribution in [0.15, 0.2) is 42.2 Å². The zero-order chi connectivity index (χ0) is 20.2. The molecule has 1 N–H and O–H groups in total. The molecule has 29 heavy (non-hydrogen) atoms. The number of pyridine rings is 1. The number of hydrogen-bond acceptors (Lipinski definition) is 2. The van der Waals surface area contributed by atoms with E-state index >= 15 is 0 Å². The first-order valence-corrected chi connectivity index (χ1v) is 11.8. The fraction of sp³-hybridized carbons (Fsp3) is 0.692. The first-order valence-electron chi connectivity index (χ1n) is 11.8. The van der Waals surface area contributed by atoms with Gasteiger partial charge in [0, 0.05) is 18.1 Å². The van der Waals surface area contributed by atoms with Crippen LogP contribution in [0.25, 0.3) is 0 Å². The van der Waals surface area contributed by atoms with Gasteiger partial charge >= 0.3 is 0 Å². The summed E-state index contributed by atoms with van der Waals surface area (Å²) in [6.45, 7) is 5.43. The van der Waals surface area contributed by atoms with Crippen molar-refractivity contribution in [2.75, 3.05) is 0 Å². The van der Waals surface area contributed by atoms with Gasteiger partial charge in [-0.15, -0.1) is 0 Å². The molecule has 5 rings (SSSR count). The van der Waals surface area contributed by atoms with Gasteiger partial charge in [0.25, 0.3) is 0 Å². The summed E-state index contributed by atoms with van der Waals surface area (Å²) in [5.41, 5.74) is 1.99. The number of aliphatic hydroxyl groups excluding tert-OH is 1. The van der Waals surface area contributed by atoms with Crippen LogP contribution in [0.5, 0.6) is 0 Å². The second-order valence-electron chi connectivity index (χ2n) is 10.8.